The third-order valence-electron chi connectivity index (χ3n) is 2.72. The molecule has 0 aliphatic carbocycles. The average molecular weight is 180 g/mol. The van der Waals surface area contributed by atoms with Crippen molar-refractivity contribution in [3.63, 3.8) is 0 Å². The molecule has 1 aromatic rings. The zero-order valence-corrected chi connectivity index (χ0v) is 8.36. The van der Waals surface area contributed by atoms with Crippen LogP contribution in [0.25, 0.3) is 0 Å². The van der Waals surface area contributed by atoms with Crippen LogP contribution in [0.1, 0.15) is 32.8 Å². The molecule has 2 unspecified atom stereocenters. The molecule has 0 amide bonds. The van der Waals surface area contributed by atoms with Crippen LogP contribution in [0, 0.1) is 5.92 Å². The van der Waals surface area contributed by atoms with Gasteiger partial charge in [-0.05, 0) is 12.8 Å². The van der Waals surface area contributed by atoms with E-state index in [0.29, 0.717) is 0 Å². The van der Waals surface area contributed by atoms with Gasteiger partial charge in [-0.25, -0.2) is 9.97 Å². The fourth-order valence-corrected chi connectivity index (χ4v) is 1.24. The molecule has 0 spiro atoms. The predicted molar refractivity (Wildman–Crippen MR) is 51.1 cm³/mol. The van der Waals surface area contributed by atoms with Gasteiger partial charge in [-0.3, -0.25) is 0 Å². The number of aromatic nitrogens is 2. The molecule has 72 valence electrons. The second-order valence-corrected chi connectivity index (χ2v) is 3.58. The molecular formula is C10H16N2O. The van der Waals surface area contributed by atoms with Gasteiger partial charge < -0.3 is 5.11 Å². The first-order valence-corrected chi connectivity index (χ1v) is 4.57. The van der Waals surface area contributed by atoms with Crippen molar-refractivity contribution in [3.8, 4) is 0 Å². The first-order valence-electron chi connectivity index (χ1n) is 4.57. The molecule has 1 rings (SSSR count). The van der Waals surface area contributed by atoms with E-state index >= 15 is 0 Å². The van der Waals surface area contributed by atoms with Crippen molar-refractivity contribution in [3.05, 3.63) is 24.3 Å². The van der Waals surface area contributed by atoms with Gasteiger partial charge in [-0.1, -0.05) is 20.3 Å². The Morgan fingerprint density at radius 1 is 1.46 bits per heavy atom. The summed E-state index contributed by atoms with van der Waals surface area (Å²) >= 11 is 0. The van der Waals surface area contributed by atoms with Gasteiger partial charge in [0.2, 0.25) is 0 Å². The van der Waals surface area contributed by atoms with E-state index in [-0.39, 0.29) is 5.92 Å². The first-order chi connectivity index (χ1) is 6.09. The Labute approximate surface area is 78.9 Å². The van der Waals surface area contributed by atoms with E-state index in [1.54, 1.807) is 19.3 Å². The molecule has 3 heteroatoms. The summed E-state index contributed by atoms with van der Waals surface area (Å²) in [7, 11) is 0. The maximum atomic E-state index is 10.2. The minimum absolute atomic E-state index is 0.207. The summed E-state index contributed by atoms with van der Waals surface area (Å²) in [6, 6.07) is 0. The molecule has 0 saturated carbocycles. The van der Waals surface area contributed by atoms with Gasteiger partial charge in [0.25, 0.3) is 0 Å². The minimum Gasteiger partial charge on any atom is -0.385 e. The predicted octanol–water partition coefficient (Wildman–Crippen LogP) is 1.73. The third-order valence-corrected chi connectivity index (χ3v) is 2.72. The molecule has 0 aromatic carbocycles. The molecule has 0 fully saturated rings. The summed E-state index contributed by atoms with van der Waals surface area (Å²) in [6.07, 6.45) is 5.73. The van der Waals surface area contributed by atoms with Gasteiger partial charge in [0.05, 0.1) is 5.60 Å². The molecule has 1 aromatic heterocycles. The summed E-state index contributed by atoms with van der Waals surface area (Å²) in [5.74, 6) is 0.207. The van der Waals surface area contributed by atoms with Crippen LogP contribution in [-0.4, -0.2) is 15.1 Å². The topological polar surface area (TPSA) is 46.0 Å². The number of aliphatic hydroxyl groups is 1. The number of hydrogen-bond donors (Lipinski definition) is 1. The van der Waals surface area contributed by atoms with Crippen LogP contribution in [0.15, 0.2) is 18.7 Å². The van der Waals surface area contributed by atoms with E-state index in [0.717, 1.165) is 12.0 Å². The van der Waals surface area contributed by atoms with E-state index in [9.17, 15) is 5.11 Å². The minimum atomic E-state index is -0.823. The maximum Gasteiger partial charge on any atom is 0.115 e. The van der Waals surface area contributed by atoms with E-state index in [1.807, 2.05) is 6.92 Å². The van der Waals surface area contributed by atoms with Crippen molar-refractivity contribution in [2.45, 2.75) is 32.8 Å². The summed E-state index contributed by atoms with van der Waals surface area (Å²) in [4.78, 5) is 7.79. The van der Waals surface area contributed by atoms with Gasteiger partial charge in [0, 0.05) is 18.0 Å². The van der Waals surface area contributed by atoms with Gasteiger partial charge in [0.1, 0.15) is 6.33 Å². The maximum absolute atomic E-state index is 10.2. The monoisotopic (exact) mass is 180 g/mol. The van der Waals surface area contributed by atoms with Crippen LogP contribution >= 0.6 is 0 Å². The fourth-order valence-electron chi connectivity index (χ4n) is 1.24. The van der Waals surface area contributed by atoms with Crippen molar-refractivity contribution in [2.75, 3.05) is 0 Å². The second-order valence-electron chi connectivity index (χ2n) is 3.58. The lowest BCUT2D eigenvalue weighted by Crippen LogP contribution is -2.29. The van der Waals surface area contributed by atoms with Crippen molar-refractivity contribution >= 4 is 0 Å². The molecule has 2 atom stereocenters. The molecule has 1 heterocycles. The zero-order chi connectivity index (χ0) is 9.90. The molecule has 0 saturated heterocycles. The standard InChI is InChI=1S/C10H16N2O/c1-4-8(2)10(3,13)9-5-11-7-12-6-9/h5-8,13H,4H2,1-3H3. The summed E-state index contributed by atoms with van der Waals surface area (Å²) in [5.41, 5.74) is -0.0416. The first kappa shape index (κ1) is 10.1. The molecule has 13 heavy (non-hydrogen) atoms. The highest BCUT2D eigenvalue weighted by atomic mass is 16.3. The Bertz CT molecular complexity index is 259. The Morgan fingerprint density at radius 2 is 2.00 bits per heavy atom. The van der Waals surface area contributed by atoms with Crippen LogP contribution in [0.4, 0.5) is 0 Å². The van der Waals surface area contributed by atoms with Crippen LogP contribution in [0.3, 0.4) is 0 Å². The highest BCUT2D eigenvalue weighted by molar-refractivity contribution is 5.13. The van der Waals surface area contributed by atoms with E-state index < -0.39 is 5.60 Å². The van der Waals surface area contributed by atoms with Crippen molar-refractivity contribution in [1.29, 1.82) is 0 Å². The van der Waals surface area contributed by atoms with E-state index in [2.05, 4.69) is 16.9 Å². The zero-order valence-electron chi connectivity index (χ0n) is 8.36. The van der Waals surface area contributed by atoms with E-state index in [1.165, 1.54) is 6.33 Å². The van der Waals surface area contributed by atoms with Gasteiger partial charge in [0.15, 0.2) is 0 Å². The smallest absolute Gasteiger partial charge is 0.115 e. The van der Waals surface area contributed by atoms with Gasteiger partial charge in [-0.2, -0.15) is 0 Å². The van der Waals surface area contributed by atoms with Crippen LogP contribution in [-0.2, 0) is 5.60 Å². The largest absolute Gasteiger partial charge is 0.385 e. The molecule has 0 aliphatic heterocycles. The molecular weight excluding hydrogens is 164 g/mol. The van der Waals surface area contributed by atoms with Crippen molar-refractivity contribution in [1.82, 2.24) is 9.97 Å². The molecule has 0 bridgehead atoms. The van der Waals surface area contributed by atoms with Crippen LogP contribution in [0.5, 0.6) is 0 Å². The molecule has 0 aliphatic rings. The van der Waals surface area contributed by atoms with E-state index in [4.69, 9.17) is 0 Å². The van der Waals surface area contributed by atoms with Crippen LogP contribution < -0.4 is 0 Å². The normalized spacial score (nSPS) is 17.8. The van der Waals surface area contributed by atoms with Gasteiger partial charge in [-0.15, -0.1) is 0 Å². The van der Waals surface area contributed by atoms with Crippen molar-refractivity contribution in [2.24, 2.45) is 5.92 Å². The lowest BCUT2D eigenvalue weighted by atomic mass is 9.84. The van der Waals surface area contributed by atoms with Crippen LogP contribution in [0.2, 0.25) is 0 Å². The Hall–Kier alpha value is -0.960. The fraction of sp³-hybridized carbons (Fsp3) is 0.600. The number of hydrogen-bond acceptors (Lipinski definition) is 3. The Morgan fingerprint density at radius 3 is 2.46 bits per heavy atom. The van der Waals surface area contributed by atoms with Gasteiger partial charge >= 0.3 is 0 Å². The highest BCUT2D eigenvalue weighted by Crippen LogP contribution is 2.29. The summed E-state index contributed by atoms with van der Waals surface area (Å²) < 4.78 is 0. The summed E-state index contributed by atoms with van der Waals surface area (Å²) in [5, 5.41) is 10.2. The average Bonchev–Trinajstić information content (AvgIpc) is 2.18. The highest BCUT2D eigenvalue weighted by Gasteiger charge is 2.29. The SMILES string of the molecule is CCC(C)C(C)(O)c1cncnc1. The third kappa shape index (κ3) is 2.04. The molecule has 3 nitrogen and oxygen atoms in total. The number of nitrogens with zero attached hydrogens (tertiary/aromatic N) is 2. The number of rotatable bonds is 3. The summed E-state index contributed by atoms with van der Waals surface area (Å²) in [6.45, 7) is 5.88. The Kier molecular flexibility index (Phi) is 2.98. The van der Waals surface area contributed by atoms with Crippen molar-refractivity contribution < 1.29 is 5.11 Å². The Balaban J connectivity index is 2.93. The lowest BCUT2D eigenvalue weighted by molar-refractivity contribution is -0.000616. The quantitative estimate of drug-likeness (QED) is 0.770. The molecule has 1 N–H and O–H groups in total. The lowest BCUT2D eigenvalue weighted by Gasteiger charge is -2.29. The second kappa shape index (κ2) is 3.83. The molecule has 0 radical (unpaired) electrons.